The molecule has 2 N–H and O–H groups in total. The van der Waals surface area contributed by atoms with Gasteiger partial charge >= 0.3 is 5.97 Å². The van der Waals surface area contributed by atoms with Crippen molar-refractivity contribution in [3.05, 3.63) is 60.1 Å². The van der Waals surface area contributed by atoms with Gasteiger partial charge < -0.3 is 25.1 Å². The number of rotatable bonds is 16. The minimum atomic E-state index is -0.828. The van der Waals surface area contributed by atoms with E-state index in [1.807, 2.05) is 0 Å². The molecule has 1 aliphatic carbocycles. The molecule has 45 heavy (non-hydrogen) atoms. The Kier molecular flexibility index (Phi) is 15.8. The summed E-state index contributed by atoms with van der Waals surface area (Å²) in [5, 5.41) is 6.44. The number of likely N-dealkylation sites (tertiary alicyclic amines) is 1. The zero-order valence-electron chi connectivity index (χ0n) is 26.6. The number of methoxy groups -OCH3 is 1. The van der Waals surface area contributed by atoms with Crippen LogP contribution in [0.2, 0.25) is 0 Å². The van der Waals surface area contributed by atoms with Gasteiger partial charge in [-0.15, -0.1) is 19.6 Å². The van der Waals surface area contributed by atoms with Gasteiger partial charge in [-0.25, -0.2) is 4.39 Å². The van der Waals surface area contributed by atoms with Crippen molar-refractivity contribution in [1.82, 2.24) is 15.6 Å². The molecule has 1 saturated carbocycles. The molecule has 2 fully saturated rings. The summed E-state index contributed by atoms with van der Waals surface area (Å²) in [5.74, 6) is -0.0886. The highest BCUT2D eigenvalue weighted by Crippen LogP contribution is 2.31. The van der Waals surface area contributed by atoms with Gasteiger partial charge in [0.2, 0.25) is 5.91 Å². The van der Waals surface area contributed by atoms with Crippen molar-refractivity contribution in [3.8, 4) is 12.3 Å². The van der Waals surface area contributed by atoms with E-state index in [4.69, 9.17) is 27.5 Å². The molecule has 246 valence electrons. The lowest BCUT2D eigenvalue weighted by Crippen LogP contribution is -2.42. The molecule has 0 bridgehead atoms. The van der Waals surface area contributed by atoms with Gasteiger partial charge in [-0.1, -0.05) is 50.1 Å². The van der Waals surface area contributed by atoms with Gasteiger partial charge in [-0.05, 0) is 56.1 Å². The van der Waals surface area contributed by atoms with Crippen LogP contribution in [0.25, 0.3) is 0 Å². The fraction of sp³-hybridized carbons (Fsp3) is 0.529. The van der Waals surface area contributed by atoms with Crippen molar-refractivity contribution in [2.24, 2.45) is 22.9 Å². The lowest BCUT2D eigenvalue weighted by Gasteiger charge is -2.31. The molecule has 0 spiro atoms. The van der Waals surface area contributed by atoms with Crippen LogP contribution in [0.3, 0.4) is 0 Å². The average molecular weight is 645 g/mol. The van der Waals surface area contributed by atoms with Gasteiger partial charge in [0.05, 0.1) is 61.4 Å². The minimum absolute atomic E-state index is 0.0207. The summed E-state index contributed by atoms with van der Waals surface area (Å²) >= 11 is 6.12. The third kappa shape index (κ3) is 11.0. The summed E-state index contributed by atoms with van der Waals surface area (Å²) in [5.41, 5.74) is 2.73. The predicted octanol–water partition coefficient (Wildman–Crippen LogP) is 5.32. The first-order valence-electron chi connectivity index (χ1n) is 15.2. The van der Waals surface area contributed by atoms with E-state index in [2.05, 4.69) is 48.4 Å². The lowest BCUT2D eigenvalue weighted by molar-refractivity contribution is -0.148. The van der Waals surface area contributed by atoms with Gasteiger partial charge in [0.15, 0.2) is 0 Å². The van der Waals surface area contributed by atoms with E-state index in [9.17, 15) is 14.4 Å². The van der Waals surface area contributed by atoms with Crippen LogP contribution >= 0.6 is 11.6 Å². The average Bonchev–Trinajstić information content (AvgIpc) is 3.41. The summed E-state index contributed by atoms with van der Waals surface area (Å²) < 4.78 is 26.7. The Bertz CT molecular complexity index is 1250. The highest BCUT2D eigenvalue weighted by Gasteiger charge is 2.36. The standard InChI is InChI=1S/C34H46ClFN4O5/c1-8-17-37-39-32(24(9-2)10-3)33(42)38-29(23(6)35)20-28(36)25(11-4)19-31(41)40-18-16-22(5)30(40)21-45-27-14-12-26(13-15-27)34(43)44-7/h2,8,10,20,22,24,26-27,30,37H,1,3,6,11-19,21H2,4-5,7H3,(H,38,42)/b28-25-,29-20+,39-32+. The number of halogens is 2. The zero-order chi connectivity index (χ0) is 33.5. The fourth-order valence-electron chi connectivity index (χ4n) is 5.41. The number of hydrogen-bond acceptors (Lipinski definition) is 7. The van der Waals surface area contributed by atoms with E-state index < -0.39 is 17.7 Å². The van der Waals surface area contributed by atoms with Gasteiger partial charge in [-0.2, -0.15) is 5.10 Å². The molecule has 2 rings (SSSR count). The van der Waals surface area contributed by atoms with Crippen molar-refractivity contribution >= 4 is 35.1 Å². The molecule has 1 aliphatic heterocycles. The summed E-state index contributed by atoms with van der Waals surface area (Å²) in [7, 11) is 1.40. The molecule has 1 saturated heterocycles. The monoisotopic (exact) mass is 644 g/mol. The molecular weight excluding hydrogens is 599 g/mol. The van der Waals surface area contributed by atoms with Crippen LogP contribution < -0.4 is 10.7 Å². The van der Waals surface area contributed by atoms with Gasteiger partial charge in [0, 0.05) is 6.54 Å². The first kappa shape index (κ1) is 37.5. The van der Waals surface area contributed by atoms with E-state index in [1.165, 1.54) is 13.2 Å². The molecule has 0 aromatic rings. The largest absolute Gasteiger partial charge is 0.469 e. The zero-order valence-corrected chi connectivity index (χ0v) is 27.3. The topological polar surface area (TPSA) is 109 Å². The Hall–Kier alpha value is -3.68. The maximum Gasteiger partial charge on any atom is 0.308 e. The summed E-state index contributed by atoms with van der Waals surface area (Å²) in [6.45, 7) is 15.9. The van der Waals surface area contributed by atoms with Gasteiger partial charge in [0.25, 0.3) is 5.91 Å². The molecule has 3 atom stereocenters. The molecule has 2 amide bonds. The maximum absolute atomic E-state index is 15.6. The molecule has 0 radical (unpaired) electrons. The highest BCUT2D eigenvalue weighted by atomic mass is 35.5. The first-order valence-corrected chi connectivity index (χ1v) is 15.6. The van der Waals surface area contributed by atoms with Crippen LogP contribution in [-0.4, -0.2) is 67.3 Å². The van der Waals surface area contributed by atoms with Crippen LogP contribution in [0.15, 0.2) is 65.2 Å². The number of nitrogens with one attached hydrogen (secondary N) is 2. The lowest BCUT2D eigenvalue weighted by atomic mass is 9.87. The minimum Gasteiger partial charge on any atom is -0.469 e. The molecule has 2 aliphatic rings. The second-order valence-corrected chi connectivity index (χ2v) is 11.6. The summed E-state index contributed by atoms with van der Waals surface area (Å²) in [6.07, 6.45) is 13.4. The Morgan fingerprint density at radius 2 is 1.91 bits per heavy atom. The molecule has 0 aromatic heterocycles. The Morgan fingerprint density at radius 3 is 2.47 bits per heavy atom. The van der Waals surface area contributed by atoms with E-state index in [-0.39, 0.29) is 77.3 Å². The number of nitrogens with zero attached hydrogens (tertiary/aromatic N) is 2. The first-order chi connectivity index (χ1) is 21.5. The van der Waals surface area contributed by atoms with Crippen LogP contribution in [0.4, 0.5) is 4.39 Å². The predicted molar refractivity (Wildman–Crippen MR) is 175 cm³/mol. The van der Waals surface area contributed by atoms with Crippen molar-refractivity contribution in [2.45, 2.75) is 70.9 Å². The summed E-state index contributed by atoms with van der Waals surface area (Å²) in [4.78, 5) is 40.1. The Labute approximate surface area is 271 Å². The number of carbonyl (C=O) groups excluding carboxylic acids is 3. The Balaban J connectivity index is 2.15. The van der Waals surface area contributed by atoms with E-state index >= 15 is 4.39 Å². The number of esters is 1. The Morgan fingerprint density at radius 1 is 1.22 bits per heavy atom. The maximum atomic E-state index is 15.6. The SMILES string of the molecule is C#CC(C=C)/C(=N\NCC=C)C(=O)N/C(=C/C(F)=C(\CC)CC(=O)N1CCC(C)C1COC1CCC(C(=O)OC)CC1)C(=C)Cl. The molecule has 3 unspecified atom stereocenters. The number of terminal acetylenes is 1. The van der Waals surface area contributed by atoms with E-state index in [0.717, 1.165) is 25.3 Å². The smallest absolute Gasteiger partial charge is 0.308 e. The number of carbonyl (C=O) groups is 3. The number of amides is 2. The second kappa shape index (κ2) is 19.0. The normalized spacial score (nSPS) is 23.2. The van der Waals surface area contributed by atoms with Crippen molar-refractivity contribution in [1.29, 1.82) is 0 Å². The van der Waals surface area contributed by atoms with Crippen molar-refractivity contribution in [2.75, 3.05) is 26.8 Å². The van der Waals surface area contributed by atoms with Gasteiger partial charge in [0.1, 0.15) is 11.5 Å². The number of hydrazone groups is 1. The van der Waals surface area contributed by atoms with Crippen LogP contribution in [0.5, 0.6) is 0 Å². The molecular formula is C34H46ClFN4O5. The van der Waals surface area contributed by atoms with Crippen molar-refractivity contribution in [3.63, 3.8) is 0 Å². The van der Waals surface area contributed by atoms with Crippen LogP contribution in [0.1, 0.15) is 58.8 Å². The second-order valence-electron chi connectivity index (χ2n) is 11.2. The number of ether oxygens (including phenoxy) is 2. The van der Waals surface area contributed by atoms with Crippen molar-refractivity contribution < 1.29 is 28.2 Å². The quantitative estimate of drug-likeness (QED) is 0.0448. The molecule has 1 heterocycles. The molecule has 9 nitrogen and oxygen atoms in total. The van der Waals surface area contributed by atoms with Crippen LogP contribution in [-0.2, 0) is 23.9 Å². The van der Waals surface area contributed by atoms with E-state index in [1.54, 1.807) is 17.9 Å². The number of hydrogen-bond donors (Lipinski definition) is 2. The molecule has 11 heteroatoms. The summed E-state index contributed by atoms with van der Waals surface area (Å²) in [6, 6.07) is -0.133. The van der Waals surface area contributed by atoms with Gasteiger partial charge in [-0.3, -0.25) is 14.4 Å². The van der Waals surface area contributed by atoms with E-state index in [0.29, 0.717) is 26.0 Å². The number of allylic oxidation sites excluding steroid dienone is 4. The third-order valence-electron chi connectivity index (χ3n) is 8.23. The third-order valence-corrected chi connectivity index (χ3v) is 8.44. The molecule has 0 aromatic carbocycles. The fourth-order valence-corrected chi connectivity index (χ4v) is 5.52. The van der Waals surface area contributed by atoms with Crippen LogP contribution in [0, 0.1) is 30.1 Å². The highest BCUT2D eigenvalue weighted by molar-refractivity contribution is 6.41.